The van der Waals surface area contributed by atoms with Crippen LogP contribution in [0.15, 0.2) is 24.4 Å². The van der Waals surface area contributed by atoms with Gasteiger partial charge in [-0.3, -0.25) is 4.98 Å². The van der Waals surface area contributed by atoms with Crippen LogP contribution in [0.2, 0.25) is 0 Å². The molecule has 0 radical (unpaired) electrons. The fourth-order valence-electron chi connectivity index (χ4n) is 2.19. The van der Waals surface area contributed by atoms with Crippen molar-refractivity contribution < 1.29 is 8.42 Å². The van der Waals surface area contributed by atoms with E-state index in [4.69, 9.17) is 0 Å². The zero-order chi connectivity index (χ0) is 12.4. The average molecular weight is 254 g/mol. The number of pyridine rings is 1. The Morgan fingerprint density at radius 1 is 1.47 bits per heavy atom. The summed E-state index contributed by atoms with van der Waals surface area (Å²) < 4.78 is 22.9. The minimum absolute atomic E-state index is 0.252. The van der Waals surface area contributed by atoms with Gasteiger partial charge < -0.3 is 5.32 Å². The molecule has 17 heavy (non-hydrogen) atoms. The number of sulfone groups is 1. The summed E-state index contributed by atoms with van der Waals surface area (Å²) in [6.45, 7) is 2.75. The lowest BCUT2D eigenvalue weighted by Crippen LogP contribution is -2.44. The van der Waals surface area contributed by atoms with Crippen LogP contribution in [0.3, 0.4) is 0 Å². The highest BCUT2D eigenvalue weighted by molar-refractivity contribution is 7.91. The summed E-state index contributed by atoms with van der Waals surface area (Å²) >= 11 is 0. The Hall–Kier alpha value is -0.940. The van der Waals surface area contributed by atoms with Gasteiger partial charge in [0, 0.05) is 30.4 Å². The molecule has 0 bridgehead atoms. The van der Waals surface area contributed by atoms with Crippen molar-refractivity contribution in [2.24, 2.45) is 0 Å². The molecule has 0 amide bonds. The number of nitrogens with zero attached hydrogens (tertiary/aromatic N) is 1. The number of hydrogen-bond donors (Lipinski definition) is 1. The van der Waals surface area contributed by atoms with Crippen molar-refractivity contribution in [2.45, 2.75) is 25.3 Å². The van der Waals surface area contributed by atoms with E-state index in [1.807, 2.05) is 25.1 Å². The molecule has 94 valence electrons. The molecule has 1 aromatic heterocycles. The van der Waals surface area contributed by atoms with Crippen LogP contribution < -0.4 is 5.32 Å². The molecule has 5 heteroatoms. The molecular formula is C12H18N2O2S. The van der Waals surface area contributed by atoms with E-state index < -0.39 is 9.84 Å². The van der Waals surface area contributed by atoms with E-state index in [1.165, 1.54) is 0 Å². The Morgan fingerprint density at radius 2 is 2.29 bits per heavy atom. The SMILES string of the molecule is CC1(NCCc2ccccn2)CCS(=O)(=O)C1. The van der Waals surface area contributed by atoms with E-state index in [9.17, 15) is 8.42 Å². The van der Waals surface area contributed by atoms with Crippen molar-refractivity contribution in [1.29, 1.82) is 0 Å². The molecule has 1 fully saturated rings. The fraction of sp³-hybridized carbons (Fsp3) is 0.583. The third kappa shape index (κ3) is 3.51. The normalized spacial score (nSPS) is 27.1. The summed E-state index contributed by atoms with van der Waals surface area (Å²) in [4.78, 5) is 4.24. The van der Waals surface area contributed by atoms with Crippen LogP contribution in [0, 0.1) is 0 Å². The predicted octanol–water partition coefficient (Wildman–Crippen LogP) is 0.791. The third-order valence-electron chi connectivity index (χ3n) is 3.16. The maximum Gasteiger partial charge on any atom is 0.152 e. The van der Waals surface area contributed by atoms with E-state index in [0.717, 1.165) is 18.7 Å². The Balaban J connectivity index is 1.83. The molecule has 1 N–H and O–H groups in total. The van der Waals surface area contributed by atoms with E-state index in [2.05, 4.69) is 10.3 Å². The second kappa shape index (κ2) is 4.74. The zero-order valence-corrected chi connectivity index (χ0v) is 10.8. The molecule has 1 saturated heterocycles. The molecular weight excluding hydrogens is 236 g/mol. The van der Waals surface area contributed by atoms with E-state index >= 15 is 0 Å². The molecule has 0 aliphatic carbocycles. The second-order valence-electron chi connectivity index (χ2n) is 4.90. The first kappa shape index (κ1) is 12.5. The van der Waals surface area contributed by atoms with Gasteiger partial charge in [0.1, 0.15) is 0 Å². The highest BCUT2D eigenvalue weighted by Gasteiger charge is 2.37. The molecule has 1 unspecified atom stereocenters. The van der Waals surface area contributed by atoms with Crippen molar-refractivity contribution in [3.63, 3.8) is 0 Å². The number of nitrogens with one attached hydrogen (secondary N) is 1. The minimum atomic E-state index is -2.83. The van der Waals surface area contributed by atoms with Crippen LogP contribution in [0.5, 0.6) is 0 Å². The van der Waals surface area contributed by atoms with Crippen molar-refractivity contribution >= 4 is 9.84 Å². The van der Waals surface area contributed by atoms with Gasteiger partial charge >= 0.3 is 0 Å². The lowest BCUT2D eigenvalue weighted by atomic mass is 10.0. The molecule has 1 aliphatic rings. The second-order valence-corrected chi connectivity index (χ2v) is 7.08. The predicted molar refractivity (Wildman–Crippen MR) is 67.6 cm³/mol. The highest BCUT2D eigenvalue weighted by atomic mass is 32.2. The topological polar surface area (TPSA) is 59.1 Å². The Labute approximate surface area is 102 Å². The Kier molecular flexibility index (Phi) is 3.49. The first-order valence-corrected chi connectivity index (χ1v) is 7.67. The van der Waals surface area contributed by atoms with Gasteiger partial charge in [-0.15, -0.1) is 0 Å². The van der Waals surface area contributed by atoms with Gasteiger partial charge in [-0.25, -0.2) is 8.42 Å². The molecule has 2 heterocycles. The largest absolute Gasteiger partial charge is 0.310 e. The van der Waals surface area contributed by atoms with Crippen LogP contribution >= 0.6 is 0 Å². The van der Waals surface area contributed by atoms with Crippen LogP contribution in [0.4, 0.5) is 0 Å². The van der Waals surface area contributed by atoms with Crippen molar-refractivity contribution in [3.05, 3.63) is 30.1 Å². The zero-order valence-electron chi connectivity index (χ0n) is 10.0. The molecule has 2 rings (SSSR count). The van der Waals surface area contributed by atoms with Gasteiger partial charge in [0.25, 0.3) is 0 Å². The van der Waals surface area contributed by atoms with Crippen LogP contribution in [-0.4, -0.2) is 37.0 Å². The number of hydrogen-bond acceptors (Lipinski definition) is 4. The Morgan fingerprint density at radius 3 is 2.88 bits per heavy atom. The molecule has 1 aliphatic heterocycles. The smallest absolute Gasteiger partial charge is 0.152 e. The lowest BCUT2D eigenvalue weighted by molar-refractivity contribution is 0.400. The third-order valence-corrected chi connectivity index (χ3v) is 5.07. The fourth-order valence-corrected chi connectivity index (χ4v) is 4.31. The van der Waals surface area contributed by atoms with E-state index in [-0.39, 0.29) is 11.3 Å². The first-order valence-electron chi connectivity index (χ1n) is 5.85. The van der Waals surface area contributed by atoms with Gasteiger partial charge in [-0.05, 0) is 25.5 Å². The molecule has 0 spiro atoms. The van der Waals surface area contributed by atoms with E-state index in [1.54, 1.807) is 6.20 Å². The summed E-state index contributed by atoms with van der Waals surface area (Å²) in [5.74, 6) is 0.558. The summed E-state index contributed by atoms with van der Waals surface area (Å²) in [6, 6.07) is 5.83. The first-order chi connectivity index (χ1) is 7.99. The van der Waals surface area contributed by atoms with Crippen LogP contribution in [-0.2, 0) is 16.3 Å². The quantitative estimate of drug-likeness (QED) is 0.863. The van der Waals surface area contributed by atoms with Crippen LogP contribution in [0.1, 0.15) is 19.0 Å². The monoisotopic (exact) mass is 254 g/mol. The highest BCUT2D eigenvalue weighted by Crippen LogP contribution is 2.22. The average Bonchev–Trinajstić information content (AvgIpc) is 2.55. The molecule has 0 aromatic carbocycles. The van der Waals surface area contributed by atoms with Gasteiger partial charge in [-0.2, -0.15) is 0 Å². The minimum Gasteiger partial charge on any atom is -0.310 e. The standard InChI is InChI=1S/C12H18N2O2S/c1-12(6-9-17(15,16)10-12)14-8-5-11-4-2-3-7-13-11/h2-4,7,14H,5-6,8-10H2,1H3. The molecule has 1 aromatic rings. The maximum atomic E-state index is 11.4. The van der Waals surface area contributed by atoms with Gasteiger partial charge in [0.05, 0.1) is 11.5 Å². The summed E-state index contributed by atoms with van der Waals surface area (Å²) in [6.07, 6.45) is 3.31. The molecule has 0 saturated carbocycles. The summed E-state index contributed by atoms with van der Waals surface area (Å²) in [5.41, 5.74) is 0.776. The van der Waals surface area contributed by atoms with Crippen molar-refractivity contribution in [2.75, 3.05) is 18.1 Å². The van der Waals surface area contributed by atoms with Crippen molar-refractivity contribution in [3.8, 4) is 0 Å². The number of rotatable bonds is 4. The number of aromatic nitrogens is 1. The van der Waals surface area contributed by atoms with E-state index in [0.29, 0.717) is 12.2 Å². The van der Waals surface area contributed by atoms with Gasteiger partial charge in [0.15, 0.2) is 9.84 Å². The maximum absolute atomic E-state index is 11.4. The van der Waals surface area contributed by atoms with Crippen molar-refractivity contribution in [1.82, 2.24) is 10.3 Å². The molecule has 1 atom stereocenters. The Bertz CT molecular complexity index is 473. The summed E-state index contributed by atoms with van der Waals surface area (Å²) in [7, 11) is -2.83. The van der Waals surface area contributed by atoms with Crippen LogP contribution in [0.25, 0.3) is 0 Å². The molecule has 4 nitrogen and oxygen atoms in total. The lowest BCUT2D eigenvalue weighted by Gasteiger charge is -2.23. The van der Waals surface area contributed by atoms with Gasteiger partial charge in [0.2, 0.25) is 0 Å². The summed E-state index contributed by atoms with van der Waals surface area (Å²) in [5, 5.41) is 3.34. The van der Waals surface area contributed by atoms with Gasteiger partial charge in [-0.1, -0.05) is 6.07 Å².